The van der Waals surface area contributed by atoms with Crippen molar-refractivity contribution in [1.82, 2.24) is 0 Å². The van der Waals surface area contributed by atoms with Gasteiger partial charge in [0.15, 0.2) is 0 Å². The Kier molecular flexibility index (Phi) is 2.11. The molecule has 0 aliphatic rings. The van der Waals surface area contributed by atoms with Gasteiger partial charge in [-0.1, -0.05) is 0 Å². The minimum Gasteiger partial charge on any atom is -0.206 e. The quantitative estimate of drug-likeness (QED) is 0.404. The topological polar surface area (TPSA) is 47.6 Å². The Bertz CT molecular complexity index is 92.9. The van der Waals surface area contributed by atoms with Gasteiger partial charge in [0.25, 0.3) is 0 Å². The fraction of sp³-hybridized carbons (Fsp3) is 0.333. The highest BCUT2D eigenvalue weighted by Gasteiger charge is 1.95. The van der Waals surface area contributed by atoms with Crippen LogP contribution in [0.3, 0.4) is 0 Å². The summed E-state index contributed by atoms with van der Waals surface area (Å²) in [5, 5.41) is 15.8. The van der Waals surface area contributed by atoms with Crippen molar-refractivity contribution in [2.75, 3.05) is 0 Å². The second-order valence-corrected chi connectivity index (χ2v) is 2.55. The molecular formula is C3H3N2Si. The Morgan fingerprint density at radius 2 is 1.67 bits per heavy atom. The number of nitrogens with zero attached hydrogens (tertiary/aromatic N) is 2. The molecule has 0 amide bonds. The average molecular weight is 95.2 g/mol. The van der Waals surface area contributed by atoms with Crippen molar-refractivity contribution >= 4 is 8.80 Å². The first kappa shape index (κ1) is 5.20. The van der Waals surface area contributed by atoms with Crippen LogP contribution < -0.4 is 0 Å². The molecule has 0 saturated carbocycles. The van der Waals surface area contributed by atoms with Crippen LogP contribution in [0.4, 0.5) is 0 Å². The molecule has 0 saturated heterocycles. The van der Waals surface area contributed by atoms with E-state index in [0.717, 1.165) is 0 Å². The van der Waals surface area contributed by atoms with E-state index in [4.69, 9.17) is 10.5 Å². The Morgan fingerprint density at radius 1 is 1.33 bits per heavy atom. The molecule has 0 aromatic rings. The lowest BCUT2D eigenvalue weighted by Crippen LogP contribution is -1.96. The third-order valence-electron chi connectivity index (χ3n) is 0.335. The Hall–Kier alpha value is -0.803. The van der Waals surface area contributed by atoms with Crippen molar-refractivity contribution < 1.29 is 0 Å². The SMILES string of the molecule is C[Si](C#N)C#N. The molecule has 0 aliphatic heterocycles. The fourth-order valence-corrected chi connectivity index (χ4v) is 0.0750. The largest absolute Gasteiger partial charge is 0.304 e. The molecule has 0 heterocycles. The van der Waals surface area contributed by atoms with Gasteiger partial charge in [-0.15, -0.1) is 0 Å². The third kappa shape index (κ3) is 1.51. The van der Waals surface area contributed by atoms with E-state index < -0.39 is 8.80 Å². The van der Waals surface area contributed by atoms with Crippen LogP contribution in [0.1, 0.15) is 0 Å². The lowest BCUT2D eigenvalue weighted by Gasteiger charge is -1.66. The number of hydrogen-bond donors (Lipinski definition) is 0. The van der Waals surface area contributed by atoms with Gasteiger partial charge in [0.05, 0.1) is 0 Å². The molecule has 0 spiro atoms. The Morgan fingerprint density at radius 3 is 1.67 bits per heavy atom. The zero-order valence-corrected chi connectivity index (χ0v) is 4.39. The fourth-order valence-electron chi connectivity index (χ4n) is 0.0250. The van der Waals surface area contributed by atoms with Gasteiger partial charge in [-0.25, -0.2) is 10.5 Å². The van der Waals surface area contributed by atoms with Gasteiger partial charge in [-0.2, -0.15) is 0 Å². The van der Waals surface area contributed by atoms with Gasteiger partial charge in [-0.05, 0) is 6.55 Å². The van der Waals surface area contributed by atoms with E-state index in [-0.39, 0.29) is 0 Å². The third-order valence-corrected chi connectivity index (χ3v) is 1.01. The molecule has 29 valence electrons. The van der Waals surface area contributed by atoms with E-state index in [1.54, 1.807) is 6.55 Å². The number of rotatable bonds is 0. The van der Waals surface area contributed by atoms with Crippen LogP contribution in [0.25, 0.3) is 0 Å². The van der Waals surface area contributed by atoms with E-state index in [1.165, 1.54) is 0 Å². The summed E-state index contributed by atoms with van der Waals surface area (Å²) in [5.41, 5.74) is 3.71. The van der Waals surface area contributed by atoms with Crippen molar-refractivity contribution in [3.05, 3.63) is 0 Å². The molecule has 0 N–H and O–H groups in total. The van der Waals surface area contributed by atoms with Gasteiger partial charge >= 0.3 is 8.80 Å². The molecule has 0 bridgehead atoms. The monoisotopic (exact) mass is 95.0 g/mol. The molecule has 6 heavy (non-hydrogen) atoms. The zero-order valence-electron chi connectivity index (χ0n) is 3.39. The van der Waals surface area contributed by atoms with Crippen LogP contribution in [-0.4, -0.2) is 8.80 Å². The maximum absolute atomic E-state index is 7.91. The molecule has 1 radical (unpaired) electrons. The number of nitriles is 2. The molecule has 0 aliphatic carbocycles. The minimum atomic E-state index is -1.26. The molecule has 0 unspecified atom stereocenters. The molecule has 2 nitrogen and oxygen atoms in total. The second-order valence-electron chi connectivity index (χ2n) is 0.849. The van der Waals surface area contributed by atoms with Crippen molar-refractivity contribution in [1.29, 1.82) is 10.5 Å². The standard InChI is InChI=1S/C3H3N2Si/c1-6(2-4)3-5/h1H3. The molecule has 0 fully saturated rings. The van der Waals surface area contributed by atoms with Gasteiger partial charge in [0.2, 0.25) is 0 Å². The minimum absolute atomic E-state index is 1.26. The molecule has 3 heteroatoms. The maximum Gasteiger partial charge on any atom is 0.304 e. The van der Waals surface area contributed by atoms with Crippen molar-refractivity contribution in [2.24, 2.45) is 0 Å². The predicted molar refractivity (Wildman–Crippen MR) is 22.8 cm³/mol. The first-order valence-electron chi connectivity index (χ1n) is 1.45. The highest BCUT2D eigenvalue weighted by Crippen LogP contribution is 1.67. The lowest BCUT2D eigenvalue weighted by molar-refractivity contribution is 1.54. The van der Waals surface area contributed by atoms with E-state index in [2.05, 4.69) is 0 Å². The lowest BCUT2D eigenvalue weighted by atomic mass is 11.7. The van der Waals surface area contributed by atoms with Crippen LogP contribution in [0, 0.1) is 21.9 Å². The highest BCUT2D eigenvalue weighted by atomic mass is 28.3. The average Bonchev–Trinajstić information content (AvgIpc) is 1.65. The predicted octanol–water partition coefficient (Wildman–Crippen LogP) is 0.237. The normalized spacial score (nSPS) is 6.67. The van der Waals surface area contributed by atoms with Gasteiger partial charge < -0.3 is 0 Å². The maximum atomic E-state index is 7.91. The molecule has 0 aromatic heterocycles. The first-order chi connectivity index (χ1) is 2.81. The summed E-state index contributed by atoms with van der Waals surface area (Å²) in [4.78, 5) is 0. The van der Waals surface area contributed by atoms with Crippen LogP contribution in [-0.2, 0) is 0 Å². The van der Waals surface area contributed by atoms with Crippen LogP contribution in [0.5, 0.6) is 0 Å². The van der Waals surface area contributed by atoms with Crippen molar-refractivity contribution in [3.63, 3.8) is 0 Å². The van der Waals surface area contributed by atoms with Gasteiger partial charge in [0, 0.05) is 11.4 Å². The molecule has 0 atom stereocenters. The first-order valence-corrected chi connectivity index (χ1v) is 3.45. The molecule has 0 aromatic carbocycles. The highest BCUT2D eigenvalue weighted by molar-refractivity contribution is 6.72. The van der Waals surface area contributed by atoms with Gasteiger partial charge in [-0.3, -0.25) is 0 Å². The summed E-state index contributed by atoms with van der Waals surface area (Å²) < 4.78 is 0. The van der Waals surface area contributed by atoms with Crippen molar-refractivity contribution in [2.45, 2.75) is 6.55 Å². The number of hydrogen-bond acceptors (Lipinski definition) is 2. The summed E-state index contributed by atoms with van der Waals surface area (Å²) in [6.45, 7) is 1.66. The summed E-state index contributed by atoms with van der Waals surface area (Å²) >= 11 is 0. The summed E-state index contributed by atoms with van der Waals surface area (Å²) in [6, 6.07) is 0. The van der Waals surface area contributed by atoms with Gasteiger partial charge in [0.1, 0.15) is 0 Å². The Labute approximate surface area is 38.2 Å². The summed E-state index contributed by atoms with van der Waals surface area (Å²) in [5.74, 6) is 0. The van der Waals surface area contributed by atoms with E-state index in [1.807, 2.05) is 11.4 Å². The molecule has 0 rings (SSSR count). The van der Waals surface area contributed by atoms with E-state index in [0.29, 0.717) is 0 Å². The van der Waals surface area contributed by atoms with Crippen LogP contribution in [0.15, 0.2) is 0 Å². The van der Waals surface area contributed by atoms with Crippen LogP contribution in [0.2, 0.25) is 6.55 Å². The smallest absolute Gasteiger partial charge is 0.206 e. The molecular weight excluding hydrogens is 92.1 g/mol. The Balaban J connectivity index is 3.40. The summed E-state index contributed by atoms with van der Waals surface area (Å²) in [7, 11) is -1.26. The summed E-state index contributed by atoms with van der Waals surface area (Å²) in [6.07, 6.45) is 0. The van der Waals surface area contributed by atoms with E-state index >= 15 is 0 Å². The van der Waals surface area contributed by atoms with Crippen LogP contribution >= 0.6 is 0 Å². The van der Waals surface area contributed by atoms with E-state index in [9.17, 15) is 0 Å². The second kappa shape index (κ2) is 2.44. The zero-order chi connectivity index (χ0) is 4.99. The van der Waals surface area contributed by atoms with Crippen molar-refractivity contribution in [3.8, 4) is 11.4 Å².